The predicted octanol–water partition coefficient (Wildman–Crippen LogP) is 0.0750. The molecule has 1 rings (SSSR count). The molecule has 0 aliphatic carbocycles. The second kappa shape index (κ2) is 8.67. The molecule has 1 aliphatic heterocycles. The summed E-state index contributed by atoms with van der Waals surface area (Å²) < 4.78 is 30.8. The van der Waals surface area contributed by atoms with Gasteiger partial charge in [0.2, 0.25) is 10.0 Å². The Morgan fingerprint density at radius 3 is 2.43 bits per heavy atom. The number of methoxy groups -OCH3 is 1. The highest BCUT2D eigenvalue weighted by atomic mass is 32.2. The Hall–Kier alpha value is -0.700. The summed E-state index contributed by atoms with van der Waals surface area (Å²) in [5.74, 6) is 0.305. The fraction of sp³-hybridized carbons (Fsp3) is 0.923. The highest BCUT2D eigenvalue weighted by Gasteiger charge is 2.30. The fourth-order valence-corrected chi connectivity index (χ4v) is 4.08. The molecule has 0 amide bonds. The van der Waals surface area contributed by atoms with Gasteiger partial charge >= 0.3 is 0 Å². The first-order valence-corrected chi connectivity index (χ1v) is 9.08. The van der Waals surface area contributed by atoms with Crippen LogP contribution in [0, 0.1) is 5.41 Å². The largest absolute Gasteiger partial charge is 0.386 e. The molecule has 1 unspecified atom stereocenters. The maximum atomic E-state index is 12.2. The number of piperazine rings is 1. The quantitative estimate of drug-likeness (QED) is 0.356. The third-order valence-corrected chi connectivity index (χ3v) is 5.74. The van der Waals surface area contributed by atoms with Crippen molar-refractivity contribution in [2.75, 3.05) is 45.6 Å². The van der Waals surface area contributed by atoms with Gasteiger partial charge in [0.15, 0.2) is 0 Å². The minimum atomic E-state index is -3.20. The Labute approximate surface area is 128 Å². The summed E-state index contributed by atoms with van der Waals surface area (Å²) in [4.78, 5) is 2.12. The van der Waals surface area contributed by atoms with Gasteiger partial charge in [0.1, 0.15) is 5.84 Å². The van der Waals surface area contributed by atoms with E-state index in [2.05, 4.69) is 11.8 Å². The summed E-state index contributed by atoms with van der Waals surface area (Å²) >= 11 is 0. The second-order valence-corrected chi connectivity index (χ2v) is 7.45. The van der Waals surface area contributed by atoms with Crippen LogP contribution in [0.25, 0.3) is 0 Å². The first-order chi connectivity index (χ1) is 9.92. The molecule has 124 valence electrons. The van der Waals surface area contributed by atoms with Crippen molar-refractivity contribution >= 4 is 15.9 Å². The molecule has 8 heteroatoms. The van der Waals surface area contributed by atoms with E-state index >= 15 is 0 Å². The zero-order valence-corrected chi connectivity index (χ0v) is 13.9. The number of sulfonamides is 1. The van der Waals surface area contributed by atoms with Gasteiger partial charge < -0.3 is 10.5 Å². The molecule has 7 nitrogen and oxygen atoms in total. The van der Waals surface area contributed by atoms with Gasteiger partial charge in [-0.1, -0.05) is 13.3 Å². The zero-order chi connectivity index (χ0) is 15.9. The van der Waals surface area contributed by atoms with Crippen LogP contribution in [0.15, 0.2) is 0 Å². The average Bonchev–Trinajstić information content (AvgIpc) is 2.45. The van der Waals surface area contributed by atoms with Crippen LogP contribution >= 0.6 is 0 Å². The number of nitrogens with two attached hydrogens (primary N) is 1. The molecule has 21 heavy (non-hydrogen) atoms. The van der Waals surface area contributed by atoms with E-state index in [9.17, 15) is 8.42 Å². The third-order valence-electron chi connectivity index (χ3n) is 3.78. The molecule has 1 heterocycles. The minimum absolute atomic E-state index is 0.0617. The standard InChI is InChI=1S/C13H28N4O3S/c1-3-5-12(13(14)15)16-6-8-17(9-7-16)21(18,19)11-4-10-20-2/h12H,3-11H2,1-2H3,(H3,14,15). The molecule has 0 aromatic carbocycles. The van der Waals surface area contributed by atoms with Crippen molar-refractivity contribution in [1.82, 2.24) is 9.21 Å². The molecule has 0 bridgehead atoms. The van der Waals surface area contributed by atoms with Crippen molar-refractivity contribution in [3.05, 3.63) is 0 Å². The van der Waals surface area contributed by atoms with Gasteiger partial charge in [-0.2, -0.15) is 4.31 Å². The van der Waals surface area contributed by atoms with E-state index in [0.29, 0.717) is 39.2 Å². The molecule has 1 aliphatic rings. The SMILES string of the molecule is CCCC(C(=N)N)N1CCN(S(=O)(=O)CCCOC)CC1. The van der Waals surface area contributed by atoms with E-state index in [1.165, 1.54) is 0 Å². The van der Waals surface area contributed by atoms with Crippen LogP contribution in [-0.2, 0) is 14.8 Å². The number of rotatable bonds is 9. The van der Waals surface area contributed by atoms with Crippen molar-refractivity contribution in [3.63, 3.8) is 0 Å². The molecule has 1 atom stereocenters. The maximum Gasteiger partial charge on any atom is 0.214 e. The Morgan fingerprint density at radius 2 is 1.95 bits per heavy atom. The molecule has 0 aromatic rings. The van der Waals surface area contributed by atoms with Crippen LogP contribution < -0.4 is 5.73 Å². The highest BCUT2D eigenvalue weighted by molar-refractivity contribution is 7.89. The van der Waals surface area contributed by atoms with Crippen molar-refractivity contribution in [2.45, 2.75) is 32.2 Å². The van der Waals surface area contributed by atoms with Gasteiger partial charge in [-0.15, -0.1) is 0 Å². The number of amidine groups is 1. The summed E-state index contributed by atoms with van der Waals surface area (Å²) in [6.45, 7) is 4.74. The summed E-state index contributed by atoms with van der Waals surface area (Å²) in [5.41, 5.74) is 5.65. The Morgan fingerprint density at radius 1 is 1.33 bits per heavy atom. The minimum Gasteiger partial charge on any atom is -0.386 e. The van der Waals surface area contributed by atoms with E-state index in [1.807, 2.05) is 0 Å². The van der Waals surface area contributed by atoms with Crippen molar-refractivity contribution < 1.29 is 13.2 Å². The molecule has 1 fully saturated rings. The molecule has 0 aromatic heterocycles. The topological polar surface area (TPSA) is 99.7 Å². The summed E-state index contributed by atoms with van der Waals surface area (Å²) in [6.07, 6.45) is 2.32. The first kappa shape index (κ1) is 18.3. The fourth-order valence-electron chi connectivity index (χ4n) is 2.62. The number of hydrogen-bond acceptors (Lipinski definition) is 5. The molecule has 3 N–H and O–H groups in total. The van der Waals surface area contributed by atoms with Crippen molar-refractivity contribution in [1.29, 1.82) is 5.41 Å². The monoisotopic (exact) mass is 320 g/mol. The summed E-state index contributed by atoms with van der Waals surface area (Å²) in [6, 6.07) is -0.0617. The Bertz CT molecular complexity index is 419. The van der Waals surface area contributed by atoms with Crippen LogP contribution in [0.3, 0.4) is 0 Å². The highest BCUT2D eigenvalue weighted by Crippen LogP contribution is 2.14. The van der Waals surface area contributed by atoms with Crippen molar-refractivity contribution in [3.8, 4) is 0 Å². The Kier molecular flexibility index (Phi) is 7.58. The number of ether oxygens (including phenoxy) is 1. The van der Waals surface area contributed by atoms with Crippen LogP contribution in [0.5, 0.6) is 0 Å². The van der Waals surface area contributed by atoms with Gasteiger partial charge in [-0.05, 0) is 12.8 Å². The van der Waals surface area contributed by atoms with E-state index in [4.69, 9.17) is 15.9 Å². The molecule has 1 saturated heterocycles. The Balaban J connectivity index is 2.52. The lowest BCUT2D eigenvalue weighted by Crippen LogP contribution is -2.55. The lowest BCUT2D eigenvalue weighted by molar-refractivity contribution is 0.160. The molecule has 0 spiro atoms. The number of nitrogens with one attached hydrogen (secondary N) is 1. The van der Waals surface area contributed by atoms with Crippen LogP contribution in [0.4, 0.5) is 0 Å². The summed E-state index contributed by atoms with van der Waals surface area (Å²) in [7, 11) is -1.63. The molecule has 0 saturated carbocycles. The van der Waals surface area contributed by atoms with E-state index in [0.717, 1.165) is 12.8 Å². The molecular weight excluding hydrogens is 292 g/mol. The van der Waals surface area contributed by atoms with Crippen LogP contribution in [0.2, 0.25) is 0 Å². The normalized spacial score (nSPS) is 19.5. The first-order valence-electron chi connectivity index (χ1n) is 7.47. The maximum absolute atomic E-state index is 12.2. The van der Waals surface area contributed by atoms with Gasteiger partial charge in [0.05, 0.1) is 11.8 Å². The zero-order valence-electron chi connectivity index (χ0n) is 13.0. The van der Waals surface area contributed by atoms with Gasteiger partial charge in [0, 0.05) is 39.9 Å². The predicted molar refractivity (Wildman–Crippen MR) is 84.0 cm³/mol. The van der Waals surface area contributed by atoms with Gasteiger partial charge in [0.25, 0.3) is 0 Å². The van der Waals surface area contributed by atoms with Gasteiger partial charge in [-0.25, -0.2) is 8.42 Å². The number of hydrogen-bond donors (Lipinski definition) is 2. The summed E-state index contributed by atoms with van der Waals surface area (Å²) in [5, 5.41) is 7.67. The lowest BCUT2D eigenvalue weighted by Gasteiger charge is -2.38. The lowest BCUT2D eigenvalue weighted by atomic mass is 10.1. The van der Waals surface area contributed by atoms with E-state index < -0.39 is 10.0 Å². The average molecular weight is 320 g/mol. The van der Waals surface area contributed by atoms with E-state index in [-0.39, 0.29) is 17.6 Å². The van der Waals surface area contributed by atoms with Crippen LogP contribution in [0.1, 0.15) is 26.2 Å². The smallest absolute Gasteiger partial charge is 0.214 e. The third kappa shape index (κ3) is 5.54. The van der Waals surface area contributed by atoms with E-state index in [1.54, 1.807) is 11.4 Å². The molecular formula is C13H28N4O3S. The van der Waals surface area contributed by atoms with Gasteiger partial charge in [-0.3, -0.25) is 10.3 Å². The van der Waals surface area contributed by atoms with Crippen LogP contribution in [-0.4, -0.2) is 75.1 Å². The second-order valence-electron chi connectivity index (χ2n) is 5.36. The number of nitrogens with zero attached hydrogens (tertiary/aromatic N) is 2. The molecule has 0 radical (unpaired) electrons. The van der Waals surface area contributed by atoms with Crippen molar-refractivity contribution in [2.24, 2.45) is 5.73 Å².